The Morgan fingerprint density at radius 3 is 2.25 bits per heavy atom. The molecular weight excluding hydrogens is 346 g/mol. The maximum absolute atomic E-state index is 6.23. The second-order valence-electron chi connectivity index (χ2n) is 8.87. The molecule has 4 N–H and O–H groups in total. The lowest BCUT2D eigenvalue weighted by molar-refractivity contribution is 0.243. The lowest BCUT2D eigenvalue weighted by Crippen LogP contribution is -2.55. The van der Waals surface area contributed by atoms with Crippen LogP contribution in [0.1, 0.15) is 76.2 Å². The predicted octanol–water partition coefficient (Wildman–Crippen LogP) is 4.25. The zero-order chi connectivity index (χ0) is 19.2. The highest BCUT2D eigenvalue weighted by molar-refractivity contribution is 5.96. The quantitative estimate of drug-likeness (QED) is 0.713. The molecule has 4 rings (SSSR count). The summed E-state index contributed by atoms with van der Waals surface area (Å²) in [6.07, 6.45) is 14.3. The van der Waals surface area contributed by atoms with Crippen molar-refractivity contribution in [3.05, 3.63) is 35.9 Å². The smallest absolute Gasteiger partial charge is 0.221 e. The van der Waals surface area contributed by atoms with Gasteiger partial charge in [0.1, 0.15) is 0 Å². The van der Waals surface area contributed by atoms with E-state index in [2.05, 4.69) is 46.0 Å². The Labute approximate surface area is 169 Å². The van der Waals surface area contributed by atoms with Crippen molar-refractivity contribution in [2.24, 2.45) is 27.6 Å². The monoisotopic (exact) mass is 381 g/mol. The first-order chi connectivity index (χ1) is 13.7. The van der Waals surface area contributed by atoms with E-state index in [-0.39, 0.29) is 0 Å². The Morgan fingerprint density at radius 2 is 1.57 bits per heavy atom. The minimum Gasteiger partial charge on any atom is -0.368 e. The largest absolute Gasteiger partial charge is 0.368 e. The molecule has 2 saturated carbocycles. The summed E-state index contributed by atoms with van der Waals surface area (Å²) in [5.41, 5.74) is 6.90. The third-order valence-corrected chi connectivity index (χ3v) is 6.70. The Hall–Kier alpha value is -2.04. The normalized spacial score (nSPS) is 26.9. The van der Waals surface area contributed by atoms with Gasteiger partial charge in [-0.1, -0.05) is 81.7 Å². The van der Waals surface area contributed by atoms with Crippen LogP contribution < -0.4 is 16.4 Å². The van der Waals surface area contributed by atoms with E-state index >= 15 is 0 Å². The van der Waals surface area contributed by atoms with E-state index in [0.29, 0.717) is 11.9 Å². The fraction of sp³-hybridized carbons (Fsp3) is 0.652. The lowest BCUT2D eigenvalue weighted by atomic mass is 9.80. The van der Waals surface area contributed by atoms with Crippen molar-refractivity contribution >= 4 is 11.9 Å². The summed E-state index contributed by atoms with van der Waals surface area (Å²) in [6, 6.07) is 10.6. The van der Waals surface area contributed by atoms with Crippen molar-refractivity contribution in [1.82, 2.24) is 10.6 Å². The van der Waals surface area contributed by atoms with Crippen LogP contribution in [0.3, 0.4) is 0 Å². The highest BCUT2D eigenvalue weighted by Crippen LogP contribution is 2.37. The number of hydrogen-bond acceptors (Lipinski definition) is 5. The van der Waals surface area contributed by atoms with Gasteiger partial charge in [0, 0.05) is 6.54 Å². The number of aliphatic imine (C=N–C) groups is 2. The van der Waals surface area contributed by atoms with Crippen molar-refractivity contribution in [3.63, 3.8) is 0 Å². The molecule has 0 radical (unpaired) electrons. The molecule has 152 valence electrons. The average Bonchev–Trinajstić information content (AvgIpc) is 2.74. The molecule has 0 aromatic heterocycles. The summed E-state index contributed by atoms with van der Waals surface area (Å²) < 4.78 is 0. The molecule has 1 aromatic rings. The van der Waals surface area contributed by atoms with Gasteiger partial charge >= 0.3 is 0 Å². The van der Waals surface area contributed by atoms with Gasteiger partial charge in [-0.25, -0.2) is 4.99 Å². The zero-order valence-electron chi connectivity index (χ0n) is 17.0. The first-order valence-corrected chi connectivity index (χ1v) is 11.3. The summed E-state index contributed by atoms with van der Waals surface area (Å²) in [5, 5.41) is 7.23. The number of nitrogens with two attached hydrogens (primary N) is 1. The fourth-order valence-electron chi connectivity index (χ4n) is 5.18. The number of guanidine groups is 2. The van der Waals surface area contributed by atoms with Crippen LogP contribution in [0.25, 0.3) is 0 Å². The highest BCUT2D eigenvalue weighted by atomic mass is 15.3. The molecule has 2 aliphatic carbocycles. The topological polar surface area (TPSA) is 74.8 Å². The molecular formula is C23H35N5. The van der Waals surface area contributed by atoms with Crippen molar-refractivity contribution in [2.75, 3.05) is 6.54 Å². The van der Waals surface area contributed by atoms with E-state index in [4.69, 9.17) is 10.7 Å². The van der Waals surface area contributed by atoms with Crippen molar-refractivity contribution in [3.8, 4) is 0 Å². The minimum atomic E-state index is -0.510. The van der Waals surface area contributed by atoms with Gasteiger partial charge in [-0.3, -0.25) is 0 Å². The first-order valence-electron chi connectivity index (χ1n) is 11.3. The second-order valence-corrected chi connectivity index (χ2v) is 8.87. The van der Waals surface area contributed by atoms with E-state index < -0.39 is 5.66 Å². The summed E-state index contributed by atoms with van der Waals surface area (Å²) in [7, 11) is 0. The predicted molar refractivity (Wildman–Crippen MR) is 116 cm³/mol. The molecule has 3 aliphatic rings. The van der Waals surface area contributed by atoms with Crippen LogP contribution in [0.2, 0.25) is 0 Å². The molecule has 1 heterocycles. The van der Waals surface area contributed by atoms with Crippen LogP contribution >= 0.6 is 0 Å². The van der Waals surface area contributed by atoms with Gasteiger partial charge in [0.05, 0.1) is 0 Å². The molecule has 0 bridgehead atoms. The summed E-state index contributed by atoms with van der Waals surface area (Å²) in [4.78, 5) is 9.38. The molecule has 1 atom stereocenters. The summed E-state index contributed by atoms with van der Waals surface area (Å²) >= 11 is 0. The van der Waals surface area contributed by atoms with Gasteiger partial charge in [0.15, 0.2) is 5.66 Å². The van der Waals surface area contributed by atoms with Crippen LogP contribution in [-0.4, -0.2) is 18.5 Å². The third kappa shape index (κ3) is 4.68. The van der Waals surface area contributed by atoms with E-state index in [9.17, 15) is 0 Å². The Kier molecular flexibility index (Phi) is 6.18. The Morgan fingerprint density at radius 1 is 0.929 bits per heavy atom. The van der Waals surface area contributed by atoms with E-state index in [1.54, 1.807) is 0 Å². The van der Waals surface area contributed by atoms with Crippen molar-refractivity contribution in [2.45, 2.75) is 76.3 Å². The third-order valence-electron chi connectivity index (χ3n) is 6.70. The number of rotatable bonds is 5. The number of hydrogen-bond donors (Lipinski definition) is 3. The van der Waals surface area contributed by atoms with Gasteiger partial charge in [-0.05, 0) is 36.7 Å². The lowest BCUT2D eigenvalue weighted by Gasteiger charge is -2.39. The minimum absolute atomic E-state index is 0.379. The molecule has 5 nitrogen and oxygen atoms in total. The van der Waals surface area contributed by atoms with E-state index in [1.165, 1.54) is 69.8 Å². The standard InChI is InChI=1S/C23H35N5/c24-21-26-22(25-17-19-12-6-2-7-13-19)28-23(27-21,20-14-8-3-9-15-20)16-18-10-4-1-5-11-18/h3,8-9,14-15,18-19H,1-2,4-7,10-13,16-17H2,(H4,24,25,26,27,28). The van der Waals surface area contributed by atoms with Crippen LogP contribution in [0.15, 0.2) is 40.3 Å². The molecule has 0 amide bonds. The molecule has 0 spiro atoms. The van der Waals surface area contributed by atoms with Gasteiger partial charge in [-0.2, -0.15) is 4.99 Å². The molecule has 1 aliphatic heterocycles. The maximum Gasteiger partial charge on any atom is 0.221 e. The number of nitrogens with one attached hydrogen (secondary N) is 2. The van der Waals surface area contributed by atoms with Crippen LogP contribution in [-0.2, 0) is 5.66 Å². The van der Waals surface area contributed by atoms with Gasteiger partial charge < -0.3 is 16.4 Å². The molecule has 5 heteroatoms. The van der Waals surface area contributed by atoms with Gasteiger partial charge in [0.2, 0.25) is 11.9 Å². The van der Waals surface area contributed by atoms with Crippen LogP contribution in [0, 0.1) is 11.8 Å². The summed E-state index contributed by atoms with van der Waals surface area (Å²) in [5.74, 6) is 2.58. The average molecular weight is 382 g/mol. The molecule has 28 heavy (non-hydrogen) atoms. The number of benzene rings is 1. The van der Waals surface area contributed by atoms with Crippen LogP contribution in [0.4, 0.5) is 0 Å². The molecule has 1 unspecified atom stereocenters. The Bertz CT molecular complexity index is 686. The van der Waals surface area contributed by atoms with Gasteiger partial charge in [-0.15, -0.1) is 0 Å². The molecule has 2 fully saturated rings. The molecule has 1 aromatic carbocycles. The van der Waals surface area contributed by atoms with E-state index in [1.807, 2.05) is 0 Å². The maximum atomic E-state index is 6.23. The second kappa shape index (κ2) is 8.97. The zero-order valence-corrected chi connectivity index (χ0v) is 17.0. The fourth-order valence-corrected chi connectivity index (χ4v) is 5.18. The van der Waals surface area contributed by atoms with E-state index in [0.717, 1.165) is 24.8 Å². The molecule has 0 saturated heterocycles. The Balaban J connectivity index is 1.52. The first kappa shape index (κ1) is 19.3. The highest BCUT2D eigenvalue weighted by Gasteiger charge is 2.38. The summed E-state index contributed by atoms with van der Waals surface area (Å²) in [6.45, 7) is 0.966. The van der Waals surface area contributed by atoms with Crippen molar-refractivity contribution < 1.29 is 0 Å². The van der Waals surface area contributed by atoms with Gasteiger partial charge in [0.25, 0.3) is 0 Å². The number of nitrogens with zero attached hydrogens (tertiary/aromatic N) is 2. The van der Waals surface area contributed by atoms with Crippen molar-refractivity contribution in [1.29, 1.82) is 0 Å². The SMILES string of the molecule is NC1=NC(CC2CCCCC2)(c2ccccc2)NC(NCC2CCCCC2)=N1. The van der Waals surface area contributed by atoms with Crippen LogP contribution in [0.5, 0.6) is 0 Å².